The van der Waals surface area contributed by atoms with Crippen LogP contribution in [0.25, 0.3) is 0 Å². The first-order valence-corrected chi connectivity index (χ1v) is 6.44. The van der Waals surface area contributed by atoms with Crippen LogP contribution >= 0.6 is 11.3 Å². The molecule has 0 radical (unpaired) electrons. The van der Waals surface area contributed by atoms with E-state index in [9.17, 15) is 0 Å². The van der Waals surface area contributed by atoms with Crippen molar-refractivity contribution in [1.82, 2.24) is 9.97 Å². The van der Waals surface area contributed by atoms with Gasteiger partial charge in [-0.25, -0.2) is 9.97 Å². The molecule has 0 saturated heterocycles. The van der Waals surface area contributed by atoms with Crippen LogP contribution in [0.3, 0.4) is 0 Å². The molecule has 0 aliphatic heterocycles. The maximum absolute atomic E-state index is 5.77. The van der Waals surface area contributed by atoms with E-state index in [-0.39, 0.29) is 0 Å². The van der Waals surface area contributed by atoms with Crippen LogP contribution in [0.4, 0.5) is 11.6 Å². The van der Waals surface area contributed by atoms with Gasteiger partial charge in [0.1, 0.15) is 17.5 Å². The summed E-state index contributed by atoms with van der Waals surface area (Å²) in [5.74, 6) is 2.20. The lowest BCUT2D eigenvalue weighted by Crippen LogP contribution is -2.18. The zero-order valence-corrected chi connectivity index (χ0v) is 10.9. The van der Waals surface area contributed by atoms with Crippen LogP contribution in [0.5, 0.6) is 0 Å². The van der Waals surface area contributed by atoms with E-state index in [0.717, 1.165) is 24.6 Å². The van der Waals surface area contributed by atoms with Crippen LogP contribution in [0.2, 0.25) is 0 Å². The highest BCUT2D eigenvalue weighted by molar-refractivity contribution is 7.09. The smallest absolute Gasteiger partial charge is 0.134 e. The van der Waals surface area contributed by atoms with Crippen molar-refractivity contribution in [1.29, 1.82) is 0 Å². The number of nitrogens with two attached hydrogens (primary N) is 1. The van der Waals surface area contributed by atoms with E-state index in [2.05, 4.69) is 32.4 Å². The van der Waals surface area contributed by atoms with Gasteiger partial charge >= 0.3 is 0 Å². The zero-order chi connectivity index (χ0) is 12.3. The van der Waals surface area contributed by atoms with Crippen molar-refractivity contribution in [3.8, 4) is 0 Å². The maximum Gasteiger partial charge on any atom is 0.134 e. The molecule has 2 aromatic heterocycles. The number of anilines is 2. The summed E-state index contributed by atoms with van der Waals surface area (Å²) < 4.78 is 0. The fourth-order valence-electron chi connectivity index (χ4n) is 1.57. The summed E-state index contributed by atoms with van der Waals surface area (Å²) >= 11 is 1.74. The van der Waals surface area contributed by atoms with Gasteiger partial charge in [0.2, 0.25) is 0 Å². The van der Waals surface area contributed by atoms with E-state index >= 15 is 0 Å². The van der Waals surface area contributed by atoms with E-state index in [1.807, 2.05) is 20.0 Å². The van der Waals surface area contributed by atoms with Crippen molar-refractivity contribution in [2.45, 2.75) is 19.9 Å². The van der Waals surface area contributed by atoms with Gasteiger partial charge in [-0.1, -0.05) is 13.0 Å². The minimum Gasteiger partial charge on any atom is -0.384 e. The SMILES string of the molecule is CCc1nc(N)cc(N(C)Cc2cccs2)n1. The van der Waals surface area contributed by atoms with Crippen molar-refractivity contribution < 1.29 is 0 Å². The predicted octanol–water partition coefficient (Wildman–Crippen LogP) is 2.32. The number of hydrogen-bond acceptors (Lipinski definition) is 5. The van der Waals surface area contributed by atoms with Crippen LogP contribution in [-0.2, 0) is 13.0 Å². The van der Waals surface area contributed by atoms with Crippen molar-refractivity contribution in [3.05, 3.63) is 34.3 Å². The third kappa shape index (κ3) is 2.94. The highest BCUT2D eigenvalue weighted by atomic mass is 32.1. The Morgan fingerprint density at radius 3 is 2.88 bits per heavy atom. The summed E-state index contributed by atoms with van der Waals surface area (Å²) in [6.45, 7) is 2.87. The second-order valence-electron chi connectivity index (χ2n) is 3.86. The van der Waals surface area contributed by atoms with Crippen LogP contribution < -0.4 is 10.6 Å². The quantitative estimate of drug-likeness (QED) is 0.902. The minimum absolute atomic E-state index is 0.532. The van der Waals surface area contributed by atoms with E-state index in [4.69, 9.17) is 5.73 Å². The first-order valence-electron chi connectivity index (χ1n) is 5.56. The number of aromatic nitrogens is 2. The molecule has 2 heterocycles. The molecule has 0 unspecified atom stereocenters. The molecule has 4 nitrogen and oxygen atoms in total. The molecule has 0 fully saturated rings. The third-order valence-electron chi connectivity index (χ3n) is 2.46. The molecule has 5 heteroatoms. The molecule has 0 saturated carbocycles. The van der Waals surface area contributed by atoms with Gasteiger partial charge in [0.25, 0.3) is 0 Å². The number of hydrogen-bond donors (Lipinski definition) is 1. The number of aryl methyl sites for hydroxylation is 1. The Morgan fingerprint density at radius 2 is 2.24 bits per heavy atom. The fourth-order valence-corrected chi connectivity index (χ4v) is 2.33. The summed E-state index contributed by atoms with van der Waals surface area (Å²) in [6, 6.07) is 5.98. The molecule has 0 spiro atoms. The second-order valence-corrected chi connectivity index (χ2v) is 4.89. The van der Waals surface area contributed by atoms with Crippen LogP contribution in [0.15, 0.2) is 23.6 Å². The van der Waals surface area contributed by atoms with Gasteiger partial charge < -0.3 is 10.6 Å². The number of nitrogen functional groups attached to an aromatic ring is 1. The fraction of sp³-hybridized carbons (Fsp3) is 0.333. The number of nitrogens with zero attached hydrogens (tertiary/aromatic N) is 3. The zero-order valence-electron chi connectivity index (χ0n) is 10.1. The molecular formula is C12H16N4S. The first-order chi connectivity index (χ1) is 8.19. The molecule has 0 amide bonds. The molecule has 0 bridgehead atoms. The summed E-state index contributed by atoms with van der Waals surface area (Å²) in [5.41, 5.74) is 5.77. The van der Waals surface area contributed by atoms with Crippen LogP contribution in [0.1, 0.15) is 17.6 Å². The first kappa shape index (κ1) is 11.9. The highest BCUT2D eigenvalue weighted by Crippen LogP contribution is 2.17. The van der Waals surface area contributed by atoms with Crippen molar-refractivity contribution in [3.63, 3.8) is 0 Å². The Bertz CT molecular complexity index is 481. The molecular weight excluding hydrogens is 232 g/mol. The molecule has 2 rings (SSSR count). The highest BCUT2D eigenvalue weighted by Gasteiger charge is 2.07. The number of thiophene rings is 1. The van der Waals surface area contributed by atoms with Crippen LogP contribution in [-0.4, -0.2) is 17.0 Å². The van der Waals surface area contributed by atoms with Gasteiger partial charge in [0.05, 0.1) is 6.54 Å². The Hall–Kier alpha value is -1.62. The average molecular weight is 248 g/mol. The molecule has 90 valence electrons. The Labute approximate surface area is 105 Å². The molecule has 0 aliphatic carbocycles. The van der Waals surface area contributed by atoms with E-state index in [0.29, 0.717) is 5.82 Å². The minimum atomic E-state index is 0.532. The third-order valence-corrected chi connectivity index (χ3v) is 3.32. The second kappa shape index (κ2) is 5.14. The predicted molar refractivity (Wildman–Crippen MR) is 72.2 cm³/mol. The maximum atomic E-state index is 5.77. The summed E-state index contributed by atoms with van der Waals surface area (Å²) in [6.07, 6.45) is 0.797. The Morgan fingerprint density at radius 1 is 1.41 bits per heavy atom. The van der Waals surface area contributed by atoms with Crippen molar-refractivity contribution >= 4 is 23.0 Å². The monoisotopic (exact) mass is 248 g/mol. The average Bonchev–Trinajstić information content (AvgIpc) is 2.81. The van der Waals surface area contributed by atoms with E-state index in [1.165, 1.54) is 4.88 Å². The lowest BCUT2D eigenvalue weighted by molar-refractivity contribution is 0.869. The topological polar surface area (TPSA) is 55.0 Å². The van der Waals surface area contributed by atoms with Gasteiger partial charge in [0.15, 0.2) is 0 Å². The normalized spacial score (nSPS) is 10.5. The van der Waals surface area contributed by atoms with Gasteiger partial charge in [0, 0.05) is 24.4 Å². The largest absolute Gasteiger partial charge is 0.384 e. The van der Waals surface area contributed by atoms with Gasteiger partial charge in [-0.3, -0.25) is 0 Å². The lowest BCUT2D eigenvalue weighted by atomic mass is 10.4. The number of rotatable bonds is 4. The lowest BCUT2D eigenvalue weighted by Gasteiger charge is -2.18. The molecule has 0 atom stereocenters. The molecule has 2 aromatic rings. The molecule has 17 heavy (non-hydrogen) atoms. The summed E-state index contributed by atoms with van der Waals surface area (Å²) in [5, 5.41) is 2.08. The Balaban J connectivity index is 2.18. The van der Waals surface area contributed by atoms with Gasteiger partial charge in [-0.2, -0.15) is 0 Å². The van der Waals surface area contributed by atoms with Crippen molar-refractivity contribution in [2.24, 2.45) is 0 Å². The van der Waals surface area contributed by atoms with E-state index < -0.39 is 0 Å². The van der Waals surface area contributed by atoms with E-state index in [1.54, 1.807) is 11.3 Å². The van der Waals surface area contributed by atoms with Crippen LogP contribution in [0, 0.1) is 0 Å². The molecule has 0 aliphatic rings. The van der Waals surface area contributed by atoms with Gasteiger partial charge in [-0.05, 0) is 11.4 Å². The van der Waals surface area contributed by atoms with Gasteiger partial charge in [-0.15, -0.1) is 11.3 Å². The molecule has 0 aromatic carbocycles. The van der Waals surface area contributed by atoms with Crippen molar-refractivity contribution in [2.75, 3.05) is 17.7 Å². The summed E-state index contributed by atoms with van der Waals surface area (Å²) in [4.78, 5) is 12.0. The summed E-state index contributed by atoms with van der Waals surface area (Å²) in [7, 11) is 2.01. The standard InChI is InChI=1S/C12H16N4S/c1-3-11-14-10(13)7-12(15-11)16(2)8-9-5-4-6-17-9/h4-7H,3,8H2,1-2H3,(H2,13,14,15). The Kier molecular flexibility index (Phi) is 3.58. The molecule has 2 N–H and O–H groups in total.